The molecule has 0 aliphatic carbocycles. The standard InChI is InChI=1S/C18H30N2O3/c1-14(2)11-20-9-8-19(13-16(20)7-10-21)12-15-5-4-6-17(23-3)18(15)22/h4-6,14,16,21-22H,7-13H2,1-3H3/t16-/m1/s1. The van der Waals surface area contributed by atoms with Gasteiger partial charge in [0, 0.05) is 50.9 Å². The molecule has 0 aromatic heterocycles. The van der Waals surface area contributed by atoms with E-state index in [1.165, 1.54) is 0 Å². The molecule has 0 saturated carbocycles. The molecule has 1 aliphatic rings. The van der Waals surface area contributed by atoms with Crippen LogP contribution in [0.4, 0.5) is 0 Å². The summed E-state index contributed by atoms with van der Waals surface area (Å²) >= 11 is 0. The van der Waals surface area contributed by atoms with Crippen molar-refractivity contribution < 1.29 is 14.9 Å². The van der Waals surface area contributed by atoms with Crippen LogP contribution in [0.15, 0.2) is 18.2 Å². The van der Waals surface area contributed by atoms with E-state index in [0.717, 1.165) is 38.2 Å². The van der Waals surface area contributed by atoms with Gasteiger partial charge >= 0.3 is 0 Å². The number of benzene rings is 1. The Kier molecular flexibility index (Phi) is 6.69. The average molecular weight is 322 g/mol. The van der Waals surface area contributed by atoms with Crippen molar-refractivity contribution in [2.75, 3.05) is 39.9 Å². The van der Waals surface area contributed by atoms with Gasteiger partial charge in [-0.2, -0.15) is 0 Å². The van der Waals surface area contributed by atoms with Crippen molar-refractivity contribution in [2.45, 2.75) is 32.9 Å². The second-order valence-electron chi connectivity index (χ2n) is 6.76. The number of rotatable bonds is 7. The third kappa shape index (κ3) is 4.83. The van der Waals surface area contributed by atoms with E-state index in [-0.39, 0.29) is 12.4 Å². The SMILES string of the molecule is COc1cccc(CN2CCN(CC(C)C)[C@H](CCO)C2)c1O. The summed E-state index contributed by atoms with van der Waals surface area (Å²) in [5, 5.41) is 19.6. The predicted molar refractivity (Wildman–Crippen MR) is 91.8 cm³/mol. The van der Waals surface area contributed by atoms with E-state index in [2.05, 4.69) is 23.6 Å². The molecule has 0 bridgehead atoms. The van der Waals surface area contributed by atoms with E-state index in [1.54, 1.807) is 13.2 Å². The summed E-state index contributed by atoms with van der Waals surface area (Å²) in [6.45, 7) is 9.37. The highest BCUT2D eigenvalue weighted by atomic mass is 16.5. The molecule has 130 valence electrons. The number of nitrogens with zero attached hydrogens (tertiary/aromatic N) is 2. The van der Waals surface area contributed by atoms with E-state index < -0.39 is 0 Å². The van der Waals surface area contributed by atoms with Gasteiger partial charge in [0.15, 0.2) is 11.5 Å². The Hall–Kier alpha value is -1.30. The maximum Gasteiger partial charge on any atom is 0.162 e. The molecule has 23 heavy (non-hydrogen) atoms. The molecule has 0 amide bonds. The van der Waals surface area contributed by atoms with Crippen molar-refractivity contribution in [3.63, 3.8) is 0 Å². The lowest BCUT2D eigenvalue weighted by Crippen LogP contribution is -2.53. The van der Waals surface area contributed by atoms with E-state index >= 15 is 0 Å². The summed E-state index contributed by atoms with van der Waals surface area (Å²) in [7, 11) is 1.57. The Morgan fingerprint density at radius 1 is 1.30 bits per heavy atom. The van der Waals surface area contributed by atoms with Crippen LogP contribution >= 0.6 is 0 Å². The fourth-order valence-corrected chi connectivity index (χ4v) is 3.33. The maximum atomic E-state index is 10.3. The van der Waals surface area contributed by atoms with Gasteiger partial charge in [-0.25, -0.2) is 0 Å². The van der Waals surface area contributed by atoms with Crippen LogP contribution in [0, 0.1) is 5.92 Å². The molecule has 0 unspecified atom stereocenters. The van der Waals surface area contributed by atoms with Crippen molar-refractivity contribution >= 4 is 0 Å². The van der Waals surface area contributed by atoms with Gasteiger partial charge in [0.25, 0.3) is 0 Å². The Bertz CT molecular complexity index is 493. The quantitative estimate of drug-likeness (QED) is 0.803. The van der Waals surface area contributed by atoms with Gasteiger partial charge in [-0.1, -0.05) is 26.0 Å². The molecule has 5 heteroatoms. The first-order valence-corrected chi connectivity index (χ1v) is 8.47. The minimum atomic E-state index is 0.220. The van der Waals surface area contributed by atoms with Crippen LogP contribution in [0.2, 0.25) is 0 Å². The van der Waals surface area contributed by atoms with Crippen LogP contribution in [0.25, 0.3) is 0 Å². The molecule has 1 aromatic carbocycles. The second-order valence-corrected chi connectivity index (χ2v) is 6.76. The molecule has 0 radical (unpaired) electrons. The number of aliphatic hydroxyl groups excluding tert-OH is 1. The van der Waals surface area contributed by atoms with Crippen LogP contribution in [0.1, 0.15) is 25.8 Å². The molecule has 1 aromatic rings. The molecule has 1 aliphatic heterocycles. The number of methoxy groups -OCH3 is 1. The zero-order valence-electron chi connectivity index (χ0n) is 14.5. The molecule has 5 nitrogen and oxygen atoms in total. The van der Waals surface area contributed by atoms with Gasteiger partial charge in [0.1, 0.15) is 0 Å². The molecule has 2 N–H and O–H groups in total. The zero-order chi connectivity index (χ0) is 16.8. The topological polar surface area (TPSA) is 56.2 Å². The van der Waals surface area contributed by atoms with E-state index in [0.29, 0.717) is 24.3 Å². The first kappa shape index (κ1) is 18.0. The molecule has 1 heterocycles. The third-order valence-corrected chi connectivity index (χ3v) is 4.45. The maximum absolute atomic E-state index is 10.3. The second kappa shape index (κ2) is 8.52. The molecular formula is C18H30N2O3. The summed E-state index contributed by atoms with van der Waals surface area (Å²) in [6, 6.07) is 6.01. The first-order valence-electron chi connectivity index (χ1n) is 8.47. The van der Waals surface area contributed by atoms with Crippen LogP contribution in [0.5, 0.6) is 11.5 Å². The Morgan fingerprint density at radius 3 is 2.74 bits per heavy atom. The zero-order valence-corrected chi connectivity index (χ0v) is 14.5. The van der Waals surface area contributed by atoms with Crippen molar-refractivity contribution in [1.29, 1.82) is 0 Å². The number of hydrogen-bond donors (Lipinski definition) is 2. The van der Waals surface area contributed by atoms with Crippen LogP contribution in [-0.4, -0.2) is 66.0 Å². The third-order valence-electron chi connectivity index (χ3n) is 4.45. The minimum Gasteiger partial charge on any atom is -0.504 e. The largest absolute Gasteiger partial charge is 0.504 e. The van der Waals surface area contributed by atoms with Crippen LogP contribution in [0.3, 0.4) is 0 Å². The van der Waals surface area contributed by atoms with Crippen molar-refractivity contribution in [3.05, 3.63) is 23.8 Å². The number of hydrogen-bond acceptors (Lipinski definition) is 5. The number of phenols is 1. The van der Waals surface area contributed by atoms with E-state index in [1.807, 2.05) is 12.1 Å². The Morgan fingerprint density at radius 2 is 2.09 bits per heavy atom. The van der Waals surface area contributed by atoms with Gasteiger partial charge in [0.2, 0.25) is 0 Å². The summed E-state index contributed by atoms with van der Waals surface area (Å²) in [5.41, 5.74) is 0.893. The minimum absolute atomic E-state index is 0.220. The fourth-order valence-electron chi connectivity index (χ4n) is 3.33. The summed E-state index contributed by atoms with van der Waals surface area (Å²) < 4.78 is 5.19. The molecule has 2 rings (SSSR count). The Labute approximate surface area is 139 Å². The van der Waals surface area contributed by atoms with Crippen LogP contribution < -0.4 is 4.74 Å². The smallest absolute Gasteiger partial charge is 0.162 e. The average Bonchev–Trinajstić information content (AvgIpc) is 2.52. The lowest BCUT2D eigenvalue weighted by atomic mass is 10.0. The van der Waals surface area contributed by atoms with Crippen molar-refractivity contribution in [3.8, 4) is 11.5 Å². The number of aromatic hydroxyl groups is 1. The van der Waals surface area contributed by atoms with Gasteiger partial charge in [0.05, 0.1) is 7.11 Å². The predicted octanol–water partition coefficient (Wildman–Crippen LogP) is 1.93. The fraction of sp³-hybridized carbons (Fsp3) is 0.667. The highest BCUT2D eigenvalue weighted by Crippen LogP contribution is 2.30. The number of piperazine rings is 1. The van der Waals surface area contributed by atoms with Gasteiger partial charge in [-0.05, 0) is 18.4 Å². The van der Waals surface area contributed by atoms with E-state index in [4.69, 9.17) is 4.74 Å². The van der Waals surface area contributed by atoms with Gasteiger partial charge in [-0.3, -0.25) is 9.80 Å². The number of aliphatic hydroxyl groups is 1. The highest BCUT2D eigenvalue weighted by Gasteiger charge is 2.27. The normalized spacial score (nSPS) is 20.1. The highest BCUT2D eigenvalue weighted by molar-refractivity contribution is 5.45. The molecule has 1 saturated heterocycles. The number of ether oxygens (including phenoxy) is 1. The molecule has 0 spiro atoms. The monoisotopic (exact) mass is 322 g/mol. The lowest BCUT2D eigenvalue weighted by molar-refractivity contribution is 0.0473. The molecule has 1 fully saturated rings. The first-order chi connectivity index (χ1) is 11.0. The summed E-state index contributed by atoms with van der Waals surface area (Å²) in [6.07, 6.45) is 0.799. The summed E-state index contributed by atoms with van der Waals surface area (Å²) in [5.74, 6) is 1.39. The lowest BCUT2D eigenvalue weighted by Gasteiger charge is -2.42. The molecule has 1 atom stereocenters. The van der Waals surface area contributed by atoms with E-state index in [9.17, 15) is 10.2 Å². The Balaban J connectivity index is 2.02. The summed E-state index contributed by atoms with van der Waals surface area (Å²) in [4.78, 5) is 4.84. The molecular weight excluding hydrogens is 292 g/mol. The number of phenolic OH excluding ortho intramolecular Hbond substituents is 1. The van der Waals surface area contributed by atoms with Gasteiger partial charge in [-0.15, -0.1) is 0 Å². The number of para-hydroxylation sites is 1. The van der Waals surface area contributed by atoms with Crippen molar-refractivity contribution in [1.82, 2.24) is 9.80 Å². The van der Waals surface area contributed by atoms with Gasteiger partial charge < -0.3 is 14.9 Å². The van der Waals surface area contributed by atoms with Crippen LogP contribution in [-0.2, 0) is 6.54 Å². The van der Waals surface area contributed by atoms with Crippen molar-refractivity contribution in [2.24, 2.45) is 5.92 Å².